The van der Waals surface area contributed by atoms with Crippen molar-refractivity contribution in [1.29, 1.82) is 0 Å². The van der Waals surface area contributed by atoms with E-state index in [1.807, 2.05) is 24.3 Å². The van der Waals surface area contributed by atoms with E-state index in [0.29, 0.717) is 30.8 Å². The Hall–Kier alpha value is -4.04. The van der Waals surface area contributed by atoms with Gasteiger partial charge in [0.05, 0.1) is 0 Å². The first-order chi connectivity index (χ1) is 20.5. The van der Waals surface area contributed by atoms with Crippen LogP contribution in [0.4, 0.5) is 9.59 Å². The molecule has 1 atom stereocenters. The van der Waals surface area contributed by atoms with Crippen molar-refractivity contribution in [3.63, 3.8) is 0 Å². The van der Waals surface area contributed by atoms with Crippen molar-refractivity contribution in [2.24, 2.45) is 0 Å². The number of likely N-dealkylation sites (tertiary alicyclic amines) is 1. The van der Waals surface area contributed by atoms with Crippen LogP contribution in [-0.2, 0) is 22.6 Å². The van der Waals surface area contributed by atoms with E-state index in [0.717, 1.165) is 39.8 Å². The molecule has 2 aliphatic rings. The Kier molecular flexibility index (Phi) is 8.69. The van der Waals surface area contributed by atoms with Gasteiger partial charge in [0, 0.05) is 30.6 Å². The Morgan fingerprint density at radius 3 is 2.19 bits per heavy atom. The van der Waals surface area contributed by atoms with Crippen LogP contribution in [0.1, 0.15) is 74.6 Å². The van der Waals surface area contributed by atoms with E-state index in [1.54, 1.807) is 39.0 Å². The molecule has 226 valence electrons. The van der Waals surface area contributed by atoms with Crippen molar-refractivity contribution in [3.05, 3.63) is 94.0 Å². The molecule has 8 nitrogen and oxygen atoms in total. The van der Waals surface area contributed by atoms with Crippen LogP contribution in [0.3, 0.4) is 0 Å². The molecule has 3 amide bonds. The minimum absolute atomic E-state index is 0.123. The molecule has 0 spiro atoms. The predicted octanol–water partition coefficient (Wildman–Crippen LogP) is 7.09. The molecule has 5 rings (SSSR count). The second kappa shape index (κ2) is 12.3. The lowest BCUT2D eigenvalue weighted by Crippen LogP contribution is -2.62. The van der Waals surface area contributed by atoms with Crippen molar-refractivity contribution in [1.82, 2.24) is 15.5 Å². The molecular weight excluding hydrogens is 566 g/mol. The maximum atomic E-state index is 14.3. The van der Waals surface area contributed by atoms with Crippen molar-refractivity contribution in [2.45, 2.75) is 76.6 Å². The number of hydrogen-bond acceptors (Lipinski definition) is 4. The topological polar surface area (TPSA) is 108 Å². The summed E-state index contributed by atoms with van der Waals surface area (Å²) in [5.41, 5.74) is 4.06. The van der Waals surface area contributed by atoms with Crippen LogP contribution in [0.2, 0.25) is 5.02 Å². The molecule has 43 heavy (non-hydrogen) atoms. The monoisotopic (exact) mass is 603 g/mol. The standard InChI is InChI=1S/C34H38ClN3O5/c1-33(2,3)43-31(40)37-20-22-14-15-24(35)18-23(22)21-36-30(39)34(16-8-9-17-38(34)32(41)42)19-29-27-12-6-4-10-25(27)26-11-5-7-13-28(26)29/h4-7,10-15,18,29H,8-9,16-17,19-21H2,1-3H3,(H,36,39)(H,37,40)(H,41,42)/t34-/m0/s1. The SMILES string of the molecule is CC(C)(C)OC(=O)NCc1ccc(Cl)cc1CNC(=O)[C@@]1(CC2c3ccccc3-c3ccccc32)CCCCN1C(=O)O. The number of alkyl carbamates (subject to hydrolysis) is 1. The van der Waals surface area contributed by atoms with Gasteiger partial charge in [-0.3, -0.25) is 9.69 Å². The number of nitrogens with zero attached hydrogens (tertiary/aromatic N) is 1. The number of carbonyl (C=O) groups is 3. The zero-order valence-electron chi connectivity index (χ0n) is 24.8. The average molecular weight is 604 g/mol. The lowest BCUT2D eigenvalue weighted by molar-refractivity contribution is -0.135. The summed E-state index contributed by atoms with van der Waals surface area (Å²) in [6.07, 6.45) is 0.562. The predicted molar refractivity (Wildman–Crippen MR) is 166 cm³/mol. The molecule has 1 aliphatic carbocycles. The van der Waals surface area contributed by atoms with Crippen molar-refractivity contribution >= 4 is 29.7 Å². The Balaban J connectivity index is 1.42. The second-order valence-electron chi connectivity index (χ2n) is 12.3. The summed E-state index contributed by atoms with van der Waals surface area (Å²) in [6, 6.07) is 21.6. The van der Waals surface area contributed by atoms with Gasteiger partial charge in [-0.1, -0.05) is 66.2 Å². The highest BCUT2D eigenvalue weighted by Gasteiger charge is 2.50. The van der Waals surface area contributed by atoms with Gasteiger partial charge in [-0.2, -0.15) is 0 Å². The number of carboxylic acid groups (broad SMARTS) is 1. The highest BCUT2D eigenvalue weighted by Crippen LogP contribution is 2.50. The van der Waals surface area contributed by atoms with Crippen molar-refractivity contribution in [2.75, 3.05) is 6.54 Å². The minimum atomic E-state index is -1.26. The fourth-order valence-corrected chi connectivity index (χ4v) is 6.62. The fourth-order valence-electron chi connectivity index (χ4n) is 6.43. The third kappa shape index (κ3) is 6.49. The Morgan fingerprint density at radius 2 is 1.56 bits per heavy atom. The third-order valence-corrected chi connectivity index (χ3v) is 8.56. The number of carbonyl (C=O) groups excluding carboxylic acids is 2. The van der Waals surface area contributed by atoms with E-state index in [9.17, 15) is 19.5 Å². The fraction of sp³-hybridized carbons (Fsp3) is 0.382. The molecule has 0 aromatic heterocycles. The first-order valence-electron chi connectivity index (χ1n) is 14.7. The van der Waals surface area contributed by atoms with Crippen molar-refractivity contribution < 1.29 is 24.2 Å². The lowest BCUT2D eigenvalue weighted by atomic mass is 9.75. The molecule has 3 aromatic rings. The van der Waals surface area contributed by atoms with Gasteiger partial charge in [0.2, 0.25) is 5.91 Å². The maximum Gasteiger partial charge on any atom is 0.408 e. The molecule has 3 aromatic carbocycles. The van der Waals surface area contributed by atoms with Crippen LogP contribution >= 0.6 is 11.6 Å². The number of halogens is 1. The number of ether oxygens (including phenoxy) is 1. The normalized spacial score (nSPS) is 18.0. The van der Waals surface area contributed by atoms with Crippen LogP contribution in [0, 0.1) is 0 Å². The number of nitrogens with one attached hydrogen (secondary N) is 2. The number of piperidine rings is 1. The van der Waals surface area contributed by atoms with E-state index in [4.69, 9.17) is 16.3 Å². The summed E-state index contributed by atoms with van der Waals surface area (Å²) < 4.78 is 5.35. The van der Waals surface area contributed by atoms with Gasteiger partial charge in [-0.15, -0.1) is 0 Å². The molecule has 1 fully saturated rings. The van der Waals surface area contributed by atoms with E-state index in [-0.39, 0.29) is 24.9 Å². The summed E-state index contributed by atoms with van der Waals surface area (Å²) in [4.78, 5) is 40.6. The first-order valence-corrected chi connectivity index (χ1v) is 15.1. The average Bonchev–Trinajstić information content (AvgIpc) is 3.28. The summed E-state index contributed by atoms with van der Waals surface area (Å²) in [5, 5.41) is 16.6. The van der Waals surface area contributed by atoms with Crippen LogP contribution < -0.4 is 10.6 Å². The smallest absolute Gasteiger partial charge is 0.408 e. The largest absolute Gasteiger partial charge is 0.465 e. The molecule has 0 unspecified atom stereocenters. The Labute approximate surface area is 257 Å². The van der Waals surface area contributed by atoms with Crippen LogP contribution in [-0.4, -0.2) is 45.8 Å². The van der Waals surface area contributed by atoms with Gasteiger partial charge in [0.15, 0.2) is 0 Å². The molecular formula is C34H38ClN3O5. The molecule has 0 bridgehead atoms. The number of amides is 3. The number of fused-ring (bicyclic) bond motifs is 3. The Bertz CT molecular complexity index is 1490. The van der Waals surface area contributed by atoms with Gasteiger partial charge >= 0.3 is 12.2 Å². The maximum absolute atomic E-state index is 14.3. The van der Waals surface area contributed by atoms with Crippen LogP contribution in [0.25, 0.3) is 11.1 Å². The zero-order valence-corrected chi connectivity index (χ0v) is 25.5. The highest BCUT2D eigenvalue weighted by atomic mass is 35.5. The molecule has 9 heteroatoms. The van der Waals surface area contributed by atoms with E-state index in [1.165, 1.54) is 4.90 Å². The van der Waals surface area contributed by atoms with Gasteiger partial charge < -0.3 is 20.5 Å². The summed E-state index contributed by atoms with van der Waals surface area (Å²) >= 11 is 6.32. The lowest BCUT2D eigenvalue weighted by Gasteiger charge is -2.45. The van der Waals surface area contributed by atoms with E-state index in [2.05, 4.69) is 34.9 Å². The van der Waals surface area contributed by atoms with E-state index >= 15 is 0 Å². The summed E-state index contributed by atoms with van der Waals surface area (Å²) in [6.45, 7) is 5.97. The van der Waals surface area contributed by atoms with Gasteiger partial charge in [0.1, 0.15) is 11.1 Å². The third-order valence-electron chi connectivity index (χ3n) is 8.33. The molecule has 3 N–H and O–H groups in total. The minimum Gasteiger partial charge on any atom is -0.465 e. The van der Waals surface area contributed by atoms with Crippen LogP contribution in [0.5, 0.6) is 0 Å². The number of benzene rings is 3. The molecule has 0 radical (unpaired) electrons. The number of rotatable bonds is 7. The zero-order chi connectivity index (χ0) is 30.8. The van der Waals surface area contributed by atoms with Gasteiger partial charge in [-0.25, -0.2) is 9.59 Å². The molecule has 0 saturated carbocycles. The molecule has 1 heterocycles. The van der Waals surface area contributed by atoms with Gasteiger partial charge in [0.25, 0.3) is 0 Å². The van der Waals surface area contributed by atoms with Crippen molar-refractivity contribution in [3.8, 4) is 11.1 Å². The summed E-state index contributed by atoms with van der Waals surface area (Å²) in [5.74, 6) is -0.458. The first kappa shape index (κ1) is 30.4. The second-order valence-corrected chi connectivity index (χ2v) is 12.7. The quantitative estimate of drug-likeness (QED) is 0.267. The van der Waals surface area contributed by atoms with Crippen LogP contribution in [0.15, 0.2) is 66.7 Å². The molecule has 1 aliphatic heterocycles. The molecule has 1 saturated heterocycles. The summed E-state index contributed by atoms with van der Waals surface area (Å²) in [7, 11) is 0. The van der Waals surface area contributed by atoms with Gasteiger partial charge in [-0.05, 0) is 92.0 Å². The van der Waals surface area contributed by atoms with E-state index < -0.39 is 23.3 Å². The highest BCUT2D eigenvalue weighted by molar-refractivity contribution is 6.30. The number of hydrogen-bond donors (Lipinski definition) is 3. The Morgan fingerprint density at radius 1 is 0.930 bits per heavy atom.